The van der Waals surface area contributed by atoms with E-state index in [9.17, 15) is 14.0 Å². The lowest BCUT2D eigenvalue weighted by Gasteiger charge is -2.03. The fourth-order valence-corrected chi connectivity index (χ4v) is 2.38. The Bertz CT molecular complexity index is 894. The predicted molar refractivity (Wildman–Crippen MR) is 82.3 cm³/mol. The van der Waals surface area contributed by atoms with E-state index in [4.69, 9.17) is 5.73 Å². The minimum atomic E-state index is -0.482. The van der Waals surface area contributed by atoms with E-state index in [1.165, 1.54) is 12.1 Å². The summed E-state index contributed by atoms with van der Waals surface area (Å²) in [6, 6.07) is 10.8. The Labute approximate surface area is 125 Å². The molecular formula is C16H14FN3O2. The number of nitrogens with zero attached hydrogens (tertiary/aromatic N) is 1. The van der Waals surface area contributed by atoms with E-state index in [-0.39, 0.29) is 18.1 Å². The van der Waals surface area contributed by atoms with Gasteiger partial charge in [-0.25, -0.2) is 13.8 Å². The Morgan fingerprint density at radius 1 is 1.18 bits per heavy atom. The Hall–Kier alpha value is -2.89. The molecule has 3 N–H and O–H groups in total. The van der Waals surface area contributed by atoms with Crippen LogP contribution >= 0.6 is 0 Å². The lowest BCUT2D eigenvalue weighted by molar-refractivity contribution is 0.0904. The molecule has 0 saturated carbocycles. The highest BCUT2D eigenvalue weighted by molar-refractivity contribution is 5.91. The van der Waals surface area contributed by atoms with Crippen LogP contribution in [-0.4, -0.2) is 15.5 Å². The van der Waals surface area contributed by atoms with Crippen molar-refractivity contribution in [3.05, 3.63) is 64.3 Å². The Kier molecular flexibility index (Phi) is 3.50. The van der Waals surface area contributed by atoms with E-state index in [0.29, 0.717) is 23.1 Å². The van der Waals surface area contributed by atoms with E-state index in [1.54, 1.807) is 30.3 Å². The van der Waals surface area contributed by atoms with Crippen molar-refractivity contribution in [2.75, 3.05) is 5.73 Å². The summed E-state index contributed by atoms with van der Waals surface area (Å²) in [4.78, 5) is 26.9. The van der Waals surface area contributed by atoms with Crippen molar-refractivity contribution in [3.8, 4) is 0 Å². The van der Waals surface area contributed by atoms with Crippen LogP contribution in [0.3, 0.4) is 0 Å². The molecule has 112 valence electrons. The molecule has 0 aliphatic heterocycles. The summed E-state index contributed by atoms with van der Waals surface area (Å²) in [6.45, 7) is 0. The minimum Gasteiger partial charge on any atom is -0.399 e. The van der Waals surface area contributed by atoms with Crippen LogP contribution in [0.2, 0.25) is 0 Å². The Morgan fingerprint density at radius 3 is 2.64 bits per heavy atom. The number of imidazole rings is 1. The lowest BCUT2D eigenvalue weighted by atomic mass is 10.1. The van der Waals surface area contributed by atoms with Gasteiger partial charge in [0, 0.05) is 12.1 Å². The smallest absolute Gasteiger partial charge is 0.333 e. The molecule has 0 atom stereocenters. The third-order valence-electron chi connectivity index (χ3n) is 3.50. The Morgan fingerprint density at radius 2 is 1.91 bits per heavy atom. The van der Waals surface area contributed by atoms with Gasteiger partial charge in [0.25, 0.3) is 0 Å². The number of benzene rings is 2. The van der Waals surface area contributed by atoms with Crippen LogP contribution in [0.25, 0.3) is 11.0 Å². The number of anilines is 1. The van der Waals surface area contributed by atoms with Gasteiger partial charge in [-0.15, -0.1) is 0 Å². The van der Waals surface area contributed by atoms with Gasteiger partial charge in [-0.1, -0.05) is 12.1 Å². The molecule has 0 saturated heterocycles. The molecular weight excluding hydrogens is 285 g/mol. The fourth-order valence-electron chi connectivity index (χ4n) is 2.38. The number of nitrogens with two attached hydrogens (primary N) is 1. The second-order valence-corrected chi connectivity index (χ2v) is 5.06. The third kappa shape index (κ3) is 2.63. The van der Waals surface area contributed by atoms with Gasteiger partial charge in [-0.3, -0.25) is 4.79 Å². The molecule has 0 radical (unpaired) electrons. The second-order valence-electron chi connectivity index (χ2n) is 5.06. The van der Waals surface area contributed by atoms with Gasteiger partial charge in [0.1, 0.15) is 5.82 Å². The highest BCUT2D eigenvalue weighted by atomic mass is 19.1. The molecule has 5 nitrogen and oxygen atoms in total. The number of fused-ring (bicyclic) bond motifs is 1. The van der Waals surface area contributed by atoms with Gasteiger partial charge in [0.05, 0.1) is 11.0 Å². The number of carbonyl (C=O) groups excluding carboxylic acids is 1. The summed E-state index contributed by atoms with van der Waals surface area (Å²) < 4.78 is 13.9. The number of nitrogen functional groups attached to an aromatic ring is 1. The molecule has 0 aliphatic carbocycles. The van der Waals surface area contributed by atoms with Crippen LogP contribution in [0, 0.1) is 5.82 Å². The van der Waals surface area contributed by atoms with Gasteiger partial charge < -0.3 is 10.7 Å². The van der Waals surface area contributed by atoms with Crippen LogP contribution in [0.1, 0.15) is 16.8 Å². The van der Waals surface area contributed by atoms with Crippen molar-refractivity contribution in [2.45, 2.75) is 12.8 Å². The first-order valence-corrected chi connectivity index (χ1v) is 6.82. The van der Waals surface area contributed by atoms with E-state index >= 15 is 0 Å². The third-order valence-corrected chi connectivity index (χ3v) is 3.50. The fraction of sp³-hybridized carbons (Fsp3) is 0.125. The van der Waals surface area contributed by atoms with Crippen LogP contribution in [0.15, 0.2) is 47.3 Å². The minimum absolute atomic E-state index is 0.146. The van der Waals surface area contributed by atoms with Crippen molar-refractivity contribution in [1.82, 2.24) is 9.55 Å². The number of H-pyrrole nitrogens is 1. The van der Waals surface area contributed by atoms with Crippen molar-refractivity contribution in [3.63, 3.8) is 0 Å². The molecule has 0 bridgehead atoms. The molecule has 0 amide bonds. The van der Waals surface area contributed by atoms with Crippen LogP contribution in [-0.2, 0) is 6.42 Å². The molecule has 22 heavy (non-hydrogen) atoms. The molecule has 0 aliphatic rings. The van der Waals surface area contributed by atoms with Crippen LogP contribution in [0.4, 0.5) is 10.1 Å². The standard InChI is InChI=1S/C16H14FN3O2/c17-11-4-1-10(2-5-11)3-8-15(21)20-14-9-12(18)6-7-13(14)19-16(20)22/h1-2,4-7,9H,3,8,18H2,(H,19,22). The number of aryl methyl sites for hydroxylation is 1. The van der Waals surface area contributed by atoms with Gasteiger partial charge in [-0.05, 0) is 42.3 Å². The first-order chi connectivity index (χ1) is 10.5. The number of nitrogens with one attached hydrogen (secondary N) is 1. The maximum atomic E-state index is 12.8. The molecule has 3 aromatic rings. The largest absolute Gasteiger partial charge is 0.399 e. The maximum absolute atomic E-state index is 12.8. The zero-order valence-corrected chi connectivity index (χ0v) is 11.7. The maximum Gasteiger partial charge on any atom is 0.333 e. The van der Waals surface area contributed by atoms with Crippen molar-refractivity contribution < 1.29 is 9.18 Å². The van der Waals surface area contributed by atoms with Crippen molar-refractivity contribution in [2.24, 2.45) is 0 Å². The molecule has 1 aromatic heterocycles. The van der Waals surface area contributed by atoms with E-state index in [2.05, 4.69) is 4.98 Å². The molecule has 3 rings (SSSR count). The van der Waals surface area contributed by atoms with Crippen molar-refractivity contribution in [1.29, 1.82) is 0 Å². The summed E-state index contributed by atoms with van der Waals surface area (Å²) in [5.74, 6) is -0.649. The highest BCUT2D eigenvalue weighted by Gasteiger charge is 2.14. The van der Waals surface area contributed by atoms with Crippen LogP contribution < -0.4 is 11.4 Å². The summed E-state index contributed by atoms with van der Waals surface area (Å²) in [5.41, 5.74) is 7.57. The summed E-state index contributed by atoms with van der Waals surface area (Å²) in [7, 11) is 0. The number of hydrogen-bond acceptors (Lipinski definition) is 3. The van der Waals surface area contributed by atoms with Gasteiger partial charge in [0.15, 0.2) is 0 Å². The monoisotopic (exact) mass is 299 g/mol. The number of rotatable bonds is 3. The average molecular weight is 299 g/mol. The highest BCUT2D eigenvalue weighted by Crippen LogP contribution is 2.15. The predicted octanol–water partition coefficient (Wildman–Crippen LogP) is 2.32. The molecule has 6 heteroatoms. The normalized spacial score (nSPS) is 11.0. The van der Waals surface area contributed by atoms with Crippen molar-refractivity contribution >= 4 is 22.6 Å². The Balaban J connectivity index is 1.86. The number of aromatic amines is 1. The number of hydrogen-bond donors (Lipinski definition) is 2. The van der Waals surface area contributed by atoms with Gasteiger partial charge in [-0.2, -0.15) is 0 Å². The summed E-state index contributed by atoms with van der Waals surface area (Å²) in [6.07, 6.45) is 0.577. The zero-order chi connectivity index (χ0) is 15.7. The topological polar surface area (TPSA) is 80.9 Å². The first kappa shape index (κ1) is 14.1. The average Bonchev–Trinajstić information content (AvgIpc) is 2.81. The van der Waals surface area contributed by atoms with Gasteiger partial charge >= 0.3 is 5.69 Å². The quantitative estimate of drug-likeness (QED) is 0.728. The SMILES string of the molecule is Nc1ccc2[nH]c(=O)n(C(=O)CCc3ccc(F)cc3)c2c1. The lowest BCUT2D eigenvalue weighted by Crippen LogP contribution is -2.24. The number of aromatic nitrogens is 2. The molecule has 1 heterocycles. The molecule has 0 unspecified atom stereocenters. The number of halogens is 1. The molecule has 0 fully saturated rings. The summed E-state index contributed by atoms with van der Waals surface area (Å²) in [5, 5.41) is 0. The van der Waals surface area contributed by atoms with E-state index in [1.807, 2.05) is 0 Å². The van der Waals surface area contributed by atoms with Gasteiger partial charge in [0.2, 0.25) is 5.91 Å². The first-order valence-electron chi connectivity index (χ1n) is 6.82. The second kappa shape index (κ2) is 5.48. The number of carbonyl (C=O) groups is 1. The van der Waals surface area contributed by atoms with Crippen LogP contribution in [0.5, 0.6) is 0 Å². The molecule has 2 aromatic carbocycles. The summed E-state index contributed by atoms with van der Waals surface area (Å²) >= 11 is 0. The van der Waals surface area contributed by atoms with E-state index < -0.39 is 5.69 Å². The molecule has 0 spiro atoms. The zero-order valence-electron chi connectivity index (χ0n) is 11.7. The van der Waals surface area contributed by atoms with E-state index in [0.717, 1.165) is 10.1 Å².